The molecule has 0 rings (SSSR count). The summed E-state index contributed by atoms with van der Waals surface area (Å²) in [6.07, 6.45) is -1.23. The number of alkyl carbamates (subject to hydrolysis) is 1. The van der Waals surface area contributed by atoms with Crippen LogP contribution in [0.1, 0.15) is 6.92 Å². The highest BCUT2D eigenvalue weighted by atomic mass is 16.6. The van der Waals surface area contributed by atoms with Crippen LogP contribution in [0, 0.1) is 0 Å². The SMILES string of the molecule is CCNC(=O)OC(N)CN. The van der Waals surface area contributed by atoms with Gasteiger partial charge in [-0.3, -0.25) is 5.73 Å². The summed E-state index contributed by atoms with van der Waals surface area (Å²) in [6.45, 7) is 2.45. The van der Waals surface area contributed by atoms with Crippen LogP contribution in [-0.4, -0.2) is 25.4 Å². The minimum Gasteiger partial charge on any atom is -0.429 e. The number of amides is 1. The number of hydrogen-bond acceptors (Lipinski definition) is 4. The lowest BCUT2D eigenvalue weighted by Crippen LogP contribution is -2.38. The van der Waals surface area contributed by atoms with Crippen LogP contribution in [0.25, 0.3) is 0 Å². The number of nitrogens with two attached hydrogens (primary N) is 2. The van der Waals surface area contributed by atoms with Gasteiger partial charge in [0.15, 0.2) is 6.23 Å². The average molecular weight is 147 g/mol. The minimum atomic E-state index is -0.702. The molecule has 0 spiro atoms. The van der Waals surface area contributed by atoms with Gasteiger partial charge in [0.25, 0.3) is 0 Å². The lowest BCUT2D eigenvalue weighted by Gasteiger charge is -2.09. The predicted molar refractivity (Wildman–Crippen MR) is 37.2 cm³/mol. The number of carbonyl (C=O) groups is 1. The molecule has 0 saturated heterocycles. The summed E-state index contributed by atoms with van der Waals surface area (Å²) in [5.74, 6) is 0. The van der Waals surface area contributed by atoms with Gasteiger partial charge in [0.1, 0.15) is 0 Å². The summed E-state index contributed by atoms with van der Waals surface area (Å²) in [4.78, 5) is 10.5. The van der Waals surface area contributed by atoms with Crippen LogP contribution < -0.4 is 16.8 Å². The van der Waals surface area contributed by atoms with E-state index in [9.17, 15) is 4.79 Å². The molecule has 0 fully saturated rings. The van der Waals surface area contributed by atoms with Crippen molar-refractivity contribution in [3.63, 3.8) is 0 Å². The van der Waals surface area contributed by atoms with Gasteiger partial charge in [0, 0.05) is 13.1 Å². The average Bonchev–Trinajstić information content (AvgIpc) is 1.88. The third-order valence-corrected chi connectivity index (χ3v) is 0.812. The number of ether oxygens (including phenoxy) is 1. The molecule has 0 aromatic rings. The number of nitrogens with one attached hydrogen (secondary N) is 1. The quantitative estimate of drug-likeness (QED) is 0.445. The van der Waals surface area contributed by atoms with Gasteiger partial charge in [-0.25, -0.2) is 4.79 Å². The summed E-state index contributed by atoms with van der Waals surface area (Å²) in [6, 6.07) is 0. The first-order chi connectivity index (χ1) is 4.70. The fourth-order valence-corrected chi connectivity index (χ4v) is 0.372. The summed E-state index contributed by atoms with van der Waals surface area (Å²) in [5, 5.41) is 2.41. The van der Waals surface area contributed by atoms with Gasteiger partial charge in [-0.2, -0.15) is 0 Å². The number of rotatable bonds is 3. The van der Waals surface area contributed by atoms with Gasteiger partial charge >= 0.3 is 6.09 Å². The van der Waals surface area contributed by atoms with Gasteiger partial charge in [-0.15, -0.1) is 0 Å². The van der Waals surface area contributed by atoms with E-state index in [4.69, 9.17) is 11.5 Å². The predicted octanol–water partition coefficient (Wildman–Crippen LogP) is -1.02. The lowest BCUT2D eigenvalue weighted by molar-refractivity contribution is 0.105. The van der Waals surface area contributed by atoms with Gasteiger partial charge in [0.2, 0.25) is 0 Å². The van der Waals surface area contributed by atoms with Crippen molar-refractivity contribution in [2.45, 2.75) is 13.2 Å². The molecule has 0 heterocycles. The van der Waals surface area contributed by atoms with E-state index >= 15 is 0 Å². The molecule has 0 saturated carbocycles. The van der Waals surface area contributed by atoms with Gasteiger partial charge in [0.05, 0.1) is 0 Å². The standard InChI is InChI=1S/C5H13N3O2/c1-2-8-5(9)10-4(7)3-6/h4H,2-3,6-7H2,1H3,(H,8,9). The Hall–Kier alpha value is -0.810. The van der Waals surface area contributed by atoms with Crippen LogP contribution in [0.15, 0.2) is 0 Å². The van der Waals surface area contributed by atoms with Crippen molar-refractivity contribution in [1.29, 1.82) is 0 Å². The van der Waals surface area contributed by atoms with E-state index in [-0.39, 0.29) is 6.54 Å². The molecule has 60 valence electrons. The molecule has 5 heteroatoms. The van der Waals surface area contributed by atoms with Crippen molar-refractivity contribution in [3.8, 4) is 0 Å². The van der Waals surface area contributed by atoms with E-state index < -0.39 is 12.3 Å². The summed E-state index contributed by atoms with van der Waals surface area (Å²) in [7, 11) is 0. The van der Waals surface area contributed by atoms with Gasteiger partial charge in [-0.1, -0.05) is 0 Å². The molecule has 0 aromatic heterocycles. The molecule has 0 aliphatic carbocycles. The molecular weight excluding hydrogens is 134 g/mol. The topological polar surface area (TPSA) is 90.4 Å². The summed E-state index contributed by atoms with van der Waals surface area (Å²) >= 11 is 0. The zero-order valence-electron chi connectivity index (χ0n) is 5.96. The Balaban J connectivity index is 3.37. The first kappa shape index (κ1) is 9.19. The molecule has 5 nitrogen and oxygen atoms in total. The van der Waals surface area contributed by atoms with Crippen molar-refractivity contribution >= 4 is 6.09 Å². The van der Waals surface area contributed by atoms with E-state index in [0.717, 1.165) is 0 Å². The van der Waals surface area contributed by atoms with Crippen LogP contribution in [0.4, 0.5) is 4.79 Å². The number of hydrogen-bond donors (Lipinski definition) is 3. The van der Waals surface area contributed by atoms with Gasteiger partial charge in [-0.05, 0) is 6.92 Å². The zero-order chi connectivity index (χ0) is 7.98. The summed E-state index contributed by atoms with van der Waals surface area (Å²) < 4.78 is 4.54. The molecule has 1 atom stereocenters. The Morgan fingerprint density at radius 1 is 1.80 bits per heavy atom. The molecule has 1 amide bonds. The van der Waals surface area contributed by atoms with E-state index in [1.807, 2.05) is 0 Å². The second-order valence-electron chi connectivity index (χ2n) is 1.71. The molecule has 0 aromatic carbocycles. The van der Waals surface area contributed by atoms with E-state index in [0.29, 0.717) is 6.54 Å². The fourth-order valence-electron chi connectivity index (χ4n) is 0.372. The highest BCUT2D eigenvalue weighted by Crippen LogP contribution is 1.80. The van der Waals surface area contributed by atoms with Crippen molar-refractivity contribution in [1.82, 2.24) is 5.32 Å². The van der Waals surface area contributed by atoms with Crippen LogP contribution >= 0.6 is 0 Å². The molecule has 0 aliphatic heterocycles. The maximum Gasteiger partial charge on any atom is 0.408 e. The minimum absolute atomic E-state index is 0.136. The second-order valence-corrected chi connectivity index (χ2v) is 1.71. The maximum absolute atomic E-state index is 10.5. The van der Waals surface area contributed by atoms with Crippen LogP contribution in [-0.2, 0) is 4.74 Å². The fraction of sp³-hybridized carbons (Fsp3) is 0.800. The van der Waals surface area contributed by atoms with E-state index in [1.54, 1.807) is 6.92 Å². The van der Waals surface area contributed by atoms with Crippen LogP contribution in [0.2, 0.25) is 0 Å². The zero-order valence-corrected chi connectivity index (χ0v) is 5.96. The van der Waals surface area contributed by atoms with Crippen molar-refractivity contribution in [2.24, 2.45) is 11.5 Å². The molecule has 0 aliphatic rings. The Labute approximate surface area is 59.7 Å². The lowest BCUT2D eigenvalue weighted by atomic mass is 10.6. The Morgan fingerprint density at radius 2 is 2.40 bits per heavy atom. The third kappa shape index (κ3) is 4.11. The Kier molecular flexibility index (Phi) is 4.61. The number of carbonyl (C=O) groups excluding carboxylic acids is 1. The maximum atomic E-state index is 10.5. The van der Waals surface area contributed by atoms with Crippen LogP contribution in [0.5, 0.6) is 0 Å². The second kappa shape index (κ2) is 5.01. The largest absolute Gasteiger partial charge is 0.429 e. The molecule has 0 bridgehead atoms. The van der Waals surface area contributed by atoms with E-state index in [1.165, 1.54) is 0 Å². The highest BCUT2D eigenvalue weighted by molar-refractivity contribution is 5.67. The molecular formula is C5H13N3O2. The third-order valence-electron chi connectivity index (χ3n) is 0.812. The van der Waals surface area contributed by atoms with Crippen molar-refractivity contribution < 1.29 is 9.53 Å². The monoisotopic (exact) mass is 147 g/mol. The molecule has 1 unspecified atom stereocenters. The van der Waals surface area contributed by atoms with Crippen molar-refractivity contribution in [3.05, 3.63) is 0 Å². The van der Waals surface area contributed by atoms with Crippen LogP contribution in [0.3, 0.4) is 0 Å². The highest BCUT2D eigenvalue weighted by Gasteiger charge is 2.04. The molecule has 10 heavy (non-hydrogen) atoms. The Morgan fingerprint density at radius 3 is 2.80 bits per heavy atom. The van der Waals surface area contributed by atoms with Gasteiger partial charge < -0.3 is 15.8 Å². The smallest absolute Gasteiger partial charge is 0.408 e. The Bertz CT molecular complexity index is 107. The first-order valence-corrected chi connectivity index (χ1v) is 3.10. The molecule has 5 N–H and O–H groups in total. The van der Waals surface area contributed by atoms with E-state index in [2.05, 4.69) is 10.1 Å². The normalized spacial score (nSPS) is 12.3. The molecule has 0 radical (unpaired) electrons. The first-order valence-electron chi connectivity index (χ1n) is 3.10. The van der Waals surface area contributed by atoms with Crippen molar-refractivity contribution in [2.75, 3.05) is 13.1 Å². The summed E-state index contributed by atoms with van der Waals surface area (Å²) in [5.41, 5.74) is 10.3.